The second-order valence-electron chi connectivity index (χ2n) is 9.03. The number of anilines is 1. The molecule has 3 aliphatic rings. The summed E-state index contributed by atoms with van der Waals surface area (Å²) in [5, 5.41) is 14.9. The maximum absolute atomic E-state index is 11.4. The van der Waals surface area contributed by atoms with Crippen LogP contribution in [0.3, 0.4) is 0 Å². The Labute approximate surface area is 186 Å². The lowest BCUT2D eigenvalue weighted by atomic mass is 9.89. The number of morpholine rings is 1. The fourth-order valence-electron chi connectivity index (χ4n) is 5.52. The highest BCUT2D eigenvalue weighted by Crippen LogP contribution is 2.47. The van der Waals surface area contributed by atoms with E-state index in [9.17, 15) is 9.90 Å². The van der Waals surface area contributed by atoms with Gasteiger partial charge >= 0.3 is 0 Å². The summed E-state index contributed by atoms with van der Waals surface area (Å²) in [5.41, 5.74) is 6.52. The van der Waals surface area contributed by atoms with E-state index < -0.39 is 12.0 Å². The van der Waals surface area contributed by atoms with Crippen molar-refractivity contribution in [2.24, 2.45) is 5.73 Å². The predicted molar refractivity (Wildman–Crippen MR) is 120 cm³/mol. The molecule has 0 spiro atoms. The van der Waals surface area contributed by atoms with Crippen LogP contribution in [0.5, 0.6) is 0 Å². The van der Waals surface area contributed by atoms with Crippen molar-refractivity contribution in [3.63, 3.8) is 0 Å². The first-order valence-corrected chi connectivity index (χ1v) is 12.2. The van der Waals surface area contributed by atoms with E-state index in [0.29, 0.717) is 18.5 Å². The number of nitrogens with two attached hydrogens (primary N) is 1. The number of aliphatic hydroxyl groups is 1. The number of nitrogens with one attached hydrogen (secondary N) is 1. The van der Waals surface area contributed by atoms with Gasteiger partial charge in [0.1, 0.15) is 23.1 Å². The lowest BCUT2D eigenvalue weighted by Gasteiger charge is -2.39. The lowest BCUT2D eigenvalue weighted by molar-refractivity contribution is -0.126. The van der Waals surface area contributed by atoms with Gasteiger partial charge in [-0.15, -0.1) is 11.3 Å². The maximum atomic E-state index is 11.4. The fourth-order valence-corrected chi connectivity index (χ4v) is 6.76. The van der Waals surface area contributed by atoms with Crippen LogP contribution in [-0.2, 0) is 16.0 Å². The highest BCUT2D eigenvalue weighted by atomic mass is 32.1. The van der Waals surface area contributed by atoms with E-state index >= 15 is 0 Å². The Bertz CT molecular complexity index is 937. The highest BCUT2D eigenvalue weighted by molar-refractivity contribution is 7.19. The average molecular weight is 446 g/mol. The molecular weight excluding hydrogens is 414 g/mol. The minimum atomic E-state index is -1.11. The monoisotopic (exact) mass is 445 g/mol. The number of aromatic nitrogens is 2. The molecule has 3 heterocycles. The zero-order chi connectivity index (χ0) is 21.4. The number of fused-ring (bicyclic) bond motifs is 3. The number of carbonyl (C=O) groups is 1. The van der Waals surface area contributed by atoms with Crippen molar-refractivity contribution >= 4 is 33.3 Å². The summed E-state index contributed by atoms with van der Waals surface area (Å²) in [6.07, 6.45) is 7.44. The van der Waals surface area contributed by atoms with Crippen molar-refractivity contribution in [3.05, 3.63) is 16.8 Å². The molecule has 2 aromatic rings. The van der Waals surface area contributed by atoms with Gasteiger partial charge in [-0.05, 0) is 56.4 Å². The normalized spacial score (nSPS) is 27.8. The van der Waals surface area contributed by atoms with Crippen LogP contribution >= 0.6 is 11.3 Å². The molecule has 9 heteroatoms. The lowest BCUT2D eigenvalue weighted by Crippen LogP contribution is -2.46. The minimum Gasteiger partial charge on any atom is -0.383 e. The number of amides is 1. The molecule has 2 atom stereocenters. The third-order valence-corrected chi connectivity index (χ3v) is 8.34. The van der Waals surface area contributed by atoms with Crippen molar-refractivity contribution in [3.8, 4) is 0 Å². The van der Waals surface area contributed by atoms with E-state index in [0.717, 1.165) is 68.0 Å². The number of nitrogens with zero attached hydrogens (tertiary/aromatic N) is 3. The van der Waals surface area contributed by atoms with E-state index in [2.05, 4.69) is 20.2 Å². The van der Waals surface area contributed by atoms with Gasteiger partial charge in [-0.2, -0.15) is 0 Å². The average Bonchev–Trinajstić information content (AvgIpc) is 3.35. The number of primary amides is 1. The molecule has 0 aromatic carbocycles. The van der Waals surface area contributed by atoms with Crippen molar-refractivity contribution in [2.45, 2.75) is 69.1 Å². The Balaban J connectivity index is 1.31. The summed E-state index contributed by atoms with van der Waals surface area (Å²) in [5.74, 6) is 0.368. The smallest absolute Gasteiger partial charge is 0.246 e. The molecule has 1 saturated carbocycles. The number of rotatable bonds is 6. The van der Waals surface area contributed by atoms with Gasteiger partial charge in [0.05, 0.1) is 18.6 Å². The van der Waals surface area contributed by atoms with Crippen molar-refractivity contribution in [1.82, 2.24) is 14.9 Å². The molecule has 31 heavy (non-hydrogen) atoms. The maximum Gasteiger partial charge on any atom is 0.246 e. The van der Waals surface area contributed by atoms with E-state index in [1.54, 1.807) is 17.7 Å². The number of aryl methyl sites for hydroxylation is 1. The Morgan fingerprint density at radius 1 is 1.26 bits per heavy atom. The van der Waals surface area contributed by atoms with Crippen LogP contribution in [0.1, 0.15) is 54.9 Å². The number of carbonyl (C=O) groups excluding carboxylic acids is 1. The Hall–Kier alpha value is -1.81. The molecule has 5 rings (SSSR count). The number of aliphatic hydroxyl groups excluding tert-OH is 1. The Morgan fingerprint density at radius 2 is 2.03 bits per heavy atom. The van der Waals surface area contributed by atoms with E-state index in [1.165, 1.54) is 23.3 Å². The van der Waals surface area contributed by atoms with Crippen LogP contribution in [0.2, 0.25) is 0 Å². The Kier molecular flexibility index (Phi) is 6.10. The van der Waals surface area contributed by atoms with Gasteiger partial charge < -0.3 is 20.9 Å². The van der Waals surface area contributed by atoms with Crippen molar-refractivity contribution in [2.75, 3.05) is 31.6 Å². The molecule has 168 valence electrons. The number of hydrogen-bond acceptors (Lipinski definition) is 8. The zero-order valence-electron chi connectivity index (χ0n) is 17.8. The summed E-state index contributed by atoms with van der Waals surface area (Å²) in [4.78, 5) is 25.4. The predicted octanol–water partition coefficient (Wildman–Crippen LogP) is 2.01. The summed E-state index contributed by atoms with van der Waals surface area (Å²) < 4.78 is 5.50. The number of ether oxygens (including phenoxy) is 1. The summed E-state index contributed by atoms with van der Waals surface area (Å²) in [6.45, 7) is 3.81. The Morgan fingerprint density at radius 3 is 2.77 bits per heavy atom. The molecule has 0 radical (unpaired) electrons. The van der Waals surface area contributed by atoms with Gasteiger partial charge in [-0.25, -0.2) is 9.97 Å². The highest BCUT2D eigenvalue weighted by Gasteiger charge is 2.33. The summed E-state index contributed by atoms with van der Waals surface area (Å²) >= 11 is 1.71. The quantitative estimate of drug-likeness (QED) is 0.623. The molecule has 0 bridgehead atoms. The van der Waals surface area contributed by atoms with Gasteiger partial charge in [-0.3, -0.25) is 9.69 Å². The molecule has 8 nitrogen and oxygen atoms in total. The van der Waals surface area contributed by atoms with E-state index in [4.69, 9.17) is 10.5 Å². The second kappa shape index (κ2) is 8.97. The molecule has 1 unspecified atom stereocenters. The number of hydrogen-bond donors (Lipinski definition) is 3. The van der Waals surface area contributed by atoms with Gasteiger partial charge in [0.25, 0.3) is 0 Å². The largest absolute Gasteiger partial charge is 0.383 e. The van der Waals surface area contributed by atoms with Crippen LogP contribution in [-0.4, -0.2) is 70.4 Å². The molecule has 2 aliphatic carbocycles. The van der Waals surface area contributed by atoms with Crippen LogP contribution in [0.25, 0.3) is 10.2 Å². The van der Waals surface area contributed by atoms with Gasteiger partial charge in [0, 0.05) is 30.1 Å². The molecule has 4 N–H and O–H groups in total. The van der Waals surface area contributed by atoms with Crippen LogP contribution < -0.4 is 11.1 Å². The van der Waals surface area contributed by atoms with Gasteiger partial charge in [0.2, 0.25) is 5.91 Å². The first-order valence-electron chi connectivity index (χ1n) is 11.4. The van der Waals surface area contributed by atoms with Crippen molar-refractivity contribution in [1.29, 1.82) is 0 Å². The first-order chi connectivity index (χ1) is 15.1. The second-order valence-corrected chi connectivity index (χ2v) is 10.1. The molecule has 1 saturated heterocycles. The minimum absolute atomic E-state index is 0.120. The van der Waals surface area contributed by atoms with Crippen LogP contribution in [0, 0.1) is 0 Å². The molecule has 1 aliphatic heterocycles. The summed E-state index contributed by atoms with van der Waals surface area (Å²) in [7, 11) is 0. The topological polar surface area (TPSA) is 114 Å². The van der Waals surface area contributed by atoms with Gasteiger partial charge in [-0.1, -0.05) is 0 Å². The van der Waals surface area contributed by atoms with E-state index in [-0.39, 0.29) is 5.92 Å². The third kappa shape index (κ3) is 4.28. The van der Waals surface area contributed by atoms with Crippen LogP contribution in [0.15, 0.2) is 6.33 Å². The van der Waals surface area contributed by atoms with Gasteiger partial charge in [0.15, 0.2) is 0 Å². The zero-order valence-corrected chi connectivity index (χ0v) is 18.6. The summed E-state index contributed by atoms with van der Waals surface area (Å²) in [6, 6.07) is 1.07. The van der Waals surface area contributed by atoms with Crippen LogP contribution in [0.4, 0.5) is 5.82 Å². The molecule has 1 amide bonds. The number of thiophene rings is 1. The molecule has 2 aromatic heterocycles. The molecular formula is C22H31N5O3S. The fraction of sp³-hybridized carbons (Fsp3) is 0.682. The van der Waals surface area contributed by atoms with Crippen molar-refractivity contribution < 1.29 is 14.6 Å². The first kappa shape index (κ1) is 21.1. The molecule has 2 fully saturated rings. The third-order valence-electron chi connectivity index (χ3n) is 7.17. The van der Waals surface area contributed by atoms with E-state index in [1.807, 2.05) is 0 Å². The standard InChI is InChI=1S/C22H31N5O3S/c23-20(29)16(28)11-13-1-6-17-18(13)19-21(24-12-25-22(19)31-17)26-14-2-4-15(5-3-14)27-7-9-30-10-8-27/h12-16,28H,1-11H2,(H2,23,29)(H,24,25,26)/t13-,14?,15?,16?/m1/s1. The SMILES string of the molecule is NC(=O)C(O)C[C@H]1CCc2sc3ncnc(NC4CCC(N5CCOCC5)CC4)c3c21.